The highest BCUT2D eigenvalue weighted by molar-refractivity contribution is 5.83. The Labute approximate surface area is 92.2 Å². The van der Waals surface area contributed by atoms with E-state index in [-0.39, 0.29) is 17.0 Å². The van der Waals surface area contributed by atoms with Gasteiger partial charge in [0.1, 0.15) is 11.6 Å². The monoisotopic (exact) mass is 225 g/mol. The lowest BCUT2D eigenvalue weighted by atomic mass is 10.1. The summed E-state index contributed by atoms with van der Waals surface area (Å²) in [5, 5.41) is 3.22. The van der Waals surface area contributed by atoms with E-state index in [1.165, 1.54) is 0 Å². The fourth-order valence-corrected chi connectivity index (χ4v) is 1.84. The highest BCUT2D eigenvalue weighted by Crippen LogP contribution is 2.32. The zero-order valence-corrected chi connectivity index (χ0v) is 9.40. The summed E-state index contributed by atoms with van der Waals surface area (Å²) in [5.41, 5.74) is 0.642. The molecule has 1 unspecified atom stereocenters. The molecule has 1 N–H and O–H groups in total. The molecule has 86 valence electrons. The van der Waals surface area contributed by atoms with E-state index in [0.29, 0.717) is 11.3 Å². The second-order valence-corrected chi connectivity index (χ2v) is 3.84. The fraction of sp³-hybridized carbons (Fsp3) is 0.333. The van der Waals surface area contributed by atoms with Crippen LogP contribution < -0.4 is 5.32 Å². The molecule has 1 atom stereocenters. The van der Waals surface area contributed by atoms with Gasteiger partial charge < -0.3 is 9.73 Å². The molecule has 1 aromatic heterocycles. The molecule has 0 fully saturated rings. The van der Waals surface area contributed by atoms with Gasteiger partial charge >= 0.3 is 0 Å². The lowest BCUT2D eigenvalue weighted by molar-refractivity contribution is 0.459. The maximum atomic E-state index is 13.6. The van der Waals surface area contributed by atoms with Crippen LogP contribution in [0.2, 0.25) is 0 Å². The molecule has 0 aliphatic heterocycles. The first-order chi connectivity index (χ1) is 7.56. The molecule has 0 saturated carbocycles. The Bertz CT molecular complexity index is 533. The van der Waals surface area contributed by atoms with Gasteiger partial charge in [-0.2, -0.15) is 0 Å². The van der Waals surface area contributed by atoms with Crippen LogP contribution in [-0.2, 0) is 0 Å². The van der Waals surface area contributed by atoms with Gasteiger partial charge in [0.2, 0.25) is 0 Å². The van der Waals surface area contributed by atoms with Crippen molar-refractivity contribution in [3.05, 3.63) is 35.1 Å². The van der Waals surface area contributed by atoms with Crippen molar-refractivity contribution < 1.29 is 13.2 Å². The third-order valence-electron chi connectivity index (χ3n) is 2.84. The molecule has 0 amide bonds. The Hall–Kier alpha value is -1.42. The summed E-state index contributed by atoms with van der Waals surface area (Å²) < 4.78 is 32.4. The number of fused-ring (bicyclic) bond motifs is 1. The van der Waals surface area contributed by atoms with Crippen molar-refractivity contribution in [1.29, 1.82) is 0 Å². The van der Waals surface area contributed by atoms with Crippen LogP contribution in [0.5, 0.6) is 0 Å². The number of hydrogen-bond acceptors (Lipinski definition) is 2. The van der Waals surface area contributed by atoms with Gasteiger partial charge in [0.25, 0.3) is 0 Å². The minimum atomic E-state index is -0.533. The molecule has 2 rings (SSSR count). The van der Waals surface area contributed by atoms with Crippen LogP contribution in [0.1, 0.15) is 24.3 Å². The minimum Gasteiger partial charge on any atom is -0.456 e. The van der Waals surface area contributed by atoms with Gasteiger partial charge in [0.15, 0.2) is 11.4 Å². The summed E-state index contributed by atoms with van der Waals surface area (Å²) >= 11 is 0. The predicted octanol–water partition coefficient (Wildman–Crippen LogP) is 3.30. The number of hydrogen-bond donors (Lipinski definition) is 1. The number of halogens is 2. The number of rotatable bonds is 2. The van der Waals surface area contributed by atoms with E-state index in [1.807, 2.05) is 6.92 Å². The lowest BCUT2D eigenvalue weighted by Gasteiger charge is -2.06. The molecule has 0 saturated heterocycles. The minimum absolute atomic E-state index is 0.00500. The Balaban J connectivity index is 2.77. The first-order valence-corrected chi connectivity index (χ1v) is 5.10. The maximum absolute atomic E-state index is 13.6. The van der Waals surface area contributed by atoms with E-state index in [2.05, 4.69) is 5.32 Å². The van der Waals surface area contributed by atoms with Crippen molar-refractivity contribution >= 4 is 11.0 Å². The van der Waals surface area contributed by atoms with Gasteiger partial charge in [-0.05, 0) is 33.0 Å². The van der Waals surface area contributed by atoms with Crippen molar-refractivity contribution in [2.75, 3.05) is 7.05 Å². The molecule has 0 bridgehead atoms. The summed E-state index contributed by atoms with van der Waals surface area (Å²) in [7, 11) is 1.77. The van der Waals surface area contributed by atoms with Crippen LogP contribution in [0.15, 0.2) is 16.5 Å². The van der Waals surface area contributed by atoms with E-state index >= 15 is 0 Å². The van der Waals surface area contributed by atoms with Crippen LogP contribution >= 0.6 is 0 Å². The molecular formula is C12H13F2NO. The highest BCUT2D eigenvalue weighted by atomic mass is 19.1. The van der Waals surface area contributed by atoms with Crippen molar-refractivity contribution in [3.63, 3.8) is 0 Å². The summed E-state index contributed by atoms with van der Waals surface area (Å²) in [6, 6.07) is 2.12. The van der Waals surface area contributed by atoms with Gasteiger partial charge in [-0.25, -0.2) is 8.78 Å². The quantitative estimate of drug-likeness (QED) is 0.848. The smallest absolute Gasteiger partial charge is 0.173 e. The topological polar surface area (TPSA) is 25.2 Å². The molecule has 16 heavy (non-hydrogen) atoms. The number of aryl methyl sites for hydroxylation is 1. The Morgan fingerprint density at radius 3 is 2.44 bits per heavy atom. The third kappa shape index (κ3) is 1.50. The SMILES string of the molecule is CNC(C)c1oc2c(F)ccc(F)c2c1C. The lowest BCUT2D eigenvalue weighted by Crippen LogP contribution is -2.12. The van der Waals surface area contributed by atoms with E-state index < -0.39 is 11.6 Å². The van der Waals surface area contributed by atoms with Crippen LogP contribution in [-0.4, -0.2) is 7.05 Å². The first-order valence-electron chi connectivity index (χ1n) is 5.10. The first kappa shape index (κ1) is 11.1. The third-order valence-corrected chi connectivity index (χ3v) is 2.84. The largest absolute Gasteiger partial charge is 0.456 e. The maximum Gasteiger partial charge on any atom is 0.173 e. The van der Waals surface area contributed by atoms with Crippen molar-refractivity contribution in [2.45, 2.75) is 19.9 Å². The molecule has 1 heterocycles. The molecule has 2 nitrogen and oxygen atoms in total. The average molecular weight is 225 g/mol. The van der Waals surface area contributed by atoms with Gasteiger partial charge in [0, 0.05) is 5.56 Å². The molecule has 1 aromatic carbocycles. The second-order valence-electron chi connectivity index (χ2n) is 3.84. The van der Waals surface area contributed by atoms with E-state index in [0.717, 1.165) is 12.1 Å². The molecule has 0 spiro atoms. The average Bonchev–Trinajstić information content (AvgIpc) is 2.62. The summed E-state index contributed by atoms with van der Waals surface area (Å²) in [6.07, 6.45) is 0. The Morgan fingerprint density at radius 1 is 1.25 bits per heavy atom. The van der Waals surface area contributed by atoms with Crippen molar-refractivity contribution in [2.24, 2.45) is 0 Å². The number of benzene rings is 1. The predicted molar refractivity (Wildman–Crippen MR) is 58.3 cm³/mol. The van der Waals surface area contributed by atoms with E-state index in [1.54, 1.807) is 14.0 Å². The van der Waals surface area contributed by atoms with Gasteiger partial charge in [-0.3, -0.25) is 0 Å². The van der Waals surface area contributed by atoms with Gasteiger partial charge in [0.05, 0.1) is 11.4 Å². The normalized spacial score (nSPS) is 13.3. The Morgan fingerprint density at radius 2 is 1.88 bits per heavy atom. The van der Waals surface area contributed by atoms with E-state index in [4.69, 9.17) is 4.42 Å². The zero-order chi connectivity index (χ0) is 11.9. The van der Waals surface area contributed by atoms with Crippen molar-refractivity contribution in [3.8, 4) is 0 Å². The fourth-order valence-electron chi connectivity index (χ4n) is 1.84. The van der Waals surface area contributed by atoms with Crippen LogP contribution in [0.25, 0.3) is 11.0 Å². The summed E-state index contributed by atoms with van der Waals surface area (Å²) in [5.74, 6) is -0.414. The molecule has 0 aliphatic carbocycles. The Kier molecular flexibility index (Phi) is 2.68. The summed E-state index contributed by atoms with van der Waals surface area (Å²) in [6.45, 7) is 3.61. The summed E-state index contributed by atoms with van der Waals surface area (Å²) in [4.78, 5) is 0. The van der Waals surface area contributed by atoms with Crippen LogP contribution in [0.3, 0.4) is 0 Å². The van der Waals surface area contributed by atoms with Crippen LogP contribution in [0.4, 0.5) is 8.78 Å². The number of furan rings is 1. The van der Waals surface area contributed by atoms with Crippen LogP contribution in [0, 0.1) is 18.6 Å². The van der Waals surface area contributed by atoms with E-state index in [9.17, 15) is 8.78 Å². The number of nitrogens with one attached hydrogen (secondary N) is 1. The molecule has 4 heteroatoms. The second kappa shape index (κ2) is 3.87. The molecule has 2 aromatic rings. The molecular weight excluding hydrogens is 212 g/mol. The van der Waals surface area contributed by atoms with Crippen molar-refractivity contribution in [1.82, 2.24) is 5.32 Å². The van der Waals surface area contributed by atoms with Gasteiger partial charge in [-0.15, -0.1) is 0 Å². The van der Waals surface area contributed by atoms with Gasteiger partial charge in [-0.1, -0.05) is 0 Å². The standard InChI is InChI=1S/C12H13F2NO/c1-6-10-8(13)4-5-9(14)12(10)16-11(6)7(2)15-3/h4-5,7,15H,1-3H3. The zero-order valence-electron chi connectivity index (χ0n) is 9.40. The highest BCUT2D eigenvalue weighted by Gasteiger charge is 2.20. The molecule has 0 radical (unpaired) electrons. The molecule has 0 aliphatic rings.